The minimum absolute atomic E-state index is 0.0679. The van der Waals surface area contributed by atoms with Gasteiger partial charge in [-0.3, -0.25) is 4.79 Å². The summed E-state index contributed by atoms with van der Waals surface area (Å²) in [6.45, 7) is 0. The van der Waals surface area contributed by atoms with Gasteiger partial charge in [-0.25, -0.2) is 0 Å². The van der Waals surface area contributed by atoms with Crippen molar-refractivity contribution in [3.05, 3.63) is 60.2 Å². The second kappa shape index (κ2) is 6.72. The number of carbonyl (C=O) groups is 1. The van der Waals surface area contributed by atoms with Gasteiger partial charge in [0.05, 0.1) is 5.75 Å². The van der Waals surface area contributed by atoms with E-state index in [0.29, 0.717) is 20.8 Å². The molecule has 0 unspecified atom stereocenters. The molecule has 4 nitrogen and oxygen atoms in total. The van der Waals surface area contributed by atoms with Crippen LogP contribution in [0.25, 0.3) is 11.1 Å². The molecule has 0 bridgehead atoms. The Hall–Kier alpha value is -2.18. The van der Waals surface area contributed by atoms with E-state index in [1.165, 1.54) is 23.1 Å². The third kappa shape index (κ3) is 3.52. The molecule has 0 spiro atoms. The van der Waals surface area contributed by atoms with E-state index in [-0.39, 0.29) is 5.78 Å². The van der Waals surface area contributed by atoms with Crippen LogP contribution in [0.3, 0.4) is 0 Å². The maximum Gasteiger partial charge on any atom is 0.203 e. The van der Waals surface area contributed by atoms with Crippen LogP contribution in [-0.4, -0.2) is 21.7 Å². The third-order valence-electron chi connectivity index (χ3n) is 3.06. The van der Waals surface area contributed by atoms with Crippen LogP contribution < -0.4 is 5.73 Å². The molecule has 3 rings (SSSR count). The minimum atomic E-state index is 0.0679. The summed E-state index contributed by atoms with van der Waals surface area (Å²) in [6.07, 6.45) is 0. The zero-order valence-electron chi connectivity index (χ0n) is 11.6. The smallest absolute Gasteiger partial charge is 0.203 e. The Morgan fingerprint density at radius 1 is 1.00 bits per heavy atom. The van der Waals surface area contributed by atoms with Crippen molar-refractivity contribution in [2.24, 2.45) is 0 Å². The number of benzene rings is 2. The lowest BCUT2D eigenvalue weighted by molar-refractivity contribution is 0.102. The highest BCUT2D eigenvalue weighted by Gasteiger charge is 2.09. The van der Waals surface area contributed by atoms with Crippen molar-refractivity contribution < 1.29 is 4.79 Å². The lowest BCUT2D eigenvalue weighted by atomic mass is 10.0. The Kier molecular flexibility index (Phi) is 4.50. The van der Waals surface area contributed by atoms with Crippen LogP contribution in [0.2, 0.25) is 0 Å². The number of hydrogen-bond acceptors (Lipinski definition) is 6. The third-order valence-corrected chi connectivity index (χ3v) is 4.95. The van der Waals surface area contributed by atoms with Gasteiger partial charge in [0, 0.05) is 5.56 Å². The topological polar surface area (TPSA) is 68.9 Å². The van der Waals surface area contributed by atoms with Gasteiger partial charge < -0.3 is 5.73 Å². The lowest BCUT2D eigenvalue weighted by Gasteiger charge is -2.03. The highest BCUT2D eigenvalue weighted by atomic mass is 32.2. The fourth-order valence-corrected chi connectivity index (χ4v) is 3.50. The molecular formula is C16H13N3OS2. The highest BCUT2D eigenvalue weighted by molar-refractivity contribution is 8.01. The number of hydrogen-bond donors (Lipinski definition) is 1. The molecule has 0 aliphatic carbocycles. The number of aromatic nitrogens is 2. The molecule has 6 heteroatoms. The van der Waals surface area contributed by atoms with E-state index in [1.807, 2.05) is 54.6 Å². The van der Waals surface area contributed by atoms with Crippen molar-refractivity contribution in [3.63, 3.8) is 0 Å². The SMILES string of the molecule is Nc1nnc(SCC(=O)c2ccc(-c3ccccc3)cc2)s1. The van der Waals surface area contributed by atoms with Crippen molar-refractivity contribution in [1.82, 2.24) is 10.2 Å². The van der Waals surface area contributed by atoms with Gasteiger partial charge in [0.15, 0.2) is 10.1 Å². The molecule has 0 radical (unpaired) electrons. The van der Waals surface area contributed by atoms with Crippen LogP contribution in [0, 0.1) is 0 Å². The number of nitrogen functional groups attached to an aromatic ring is 1. The maximum absolute atomic E-state index is 12.2. The first kappa shape index (κ1) is 14.7. The molecule has 0 aliphatic heterocycles. The van der Waals surface area contributed by atoms with Gasteiger partial charge >= 0.3 is 0 Å². The van der Waals surface area contributed by atoms with Crippen LogP contribution in [0.5, 0.6) is 0 Å². The summed E-state index contributed by atoms with van der Waals surface area (Å²) >= 11 is 2.65. The number of carbonyl (C=O) groups excluding carboxylic acids is 1. The van der Waals surface area contributed by atoms with Gasteiger partial charge in [-0.15, -0.1) is 10.2 Å². The highest BCUT2D eigenvalue weighted by Crippen LogP contribution is 2.25. The second-order valence-corrected chi connectivity index (χ2v) is 6.79. The minimum Gasteiger partial charge on any atom is -0.374 e. The summed E-state index contributed by atoms with van der Waals surface area (Å²) in [5, 5.41) is 8.03. The van der Waals surface area contributed by atoms with E-state index >= 15 is 0 Å². The molecule has 3 aromatic rings. The average Bonchev–Trinajstić information content (AvgIpc) is 2.99. The number of Topliss-reactive ketones (excluding diaryl/α,β-unsaturated/α-hetero) is 1. The fourth-order valence-electron chi connectivity index (χ4n) is 1.97. The van der Waals surface area contributed by atoms with Gasteiger partial charge in [0.2, 0.25) is 5.13 Å². The number of ketones is 1. The normalized spacial score (nSPS) is 10.5. The molecule has 1 aromatic heterocycles. The first-order chi connectivity index (χ1) is 10.7. The van der Waals surface area contributed by atoms with Gasteiger partial charge in [-0.1, -0.05) is 77.7 Å². The van der Waals surface area contributed by atoms with E-state index in [0.717, 1.165) is 11.1 Å². The molecule has 110 valence electrons. The molecule has 0 fully saturated rings. The number of rotatable bonds is 5. The summed E-state index contributed by atoms with van der Waals surface area (Å²) in [6, 6.07) is 17.7. The molecule has 2 N–H and O–H groups in total. The monoisotopic (exact) mass is 327 g/mol. The van der Waals surface area contributed by atoms with E-state index in [1.54, 1.807) is 0 Å². The van der Waals surface area contributed by atoms with Crippen LogP contribution in [-0.2, 0) is 0 Å². The van der Waals surface area contributed by atoms with E-state index < -0.39 is 0 Å². The summed E-state index contributed by atoms with van der Waals surface area (Å²) in [5.41, 5.74) is 8.45. The van der Waals surface area contributed by atoms with Gasteiger partial charge in [0.1, 0.15) is 0 Å². The van der Waals surface area contributed by atoms with Crippen LogP contribution in [0.15, 0.2) is 58.9 Å². The van der Waals surface area contributed by atoms with E-state index in [2.05, 4.69) is 10.2 Å². The molecule has 22 heavy (non-hydrogen) atoms. The average molecular weight is 327 g/mol. The zero-order chi connectivity index (χ0) is 15.4. The van der Waals surface area contributed by atoms with E-state index in [9.17, 15) is 4.79 Å². The predicted octanol–water partition coefficient (Wildman–Crippen LogP) is 3.76. The molecular weight excluding hydrogens is 314 g/mol. The largest absolute Gasteiger partial charge is 0.374 e. The molecule has 0 saturated heterocycles. The van der Waals surface area contributed by atoms with Gasteiger partial charge in [-0.05, 0) is 11.1 Å². The zero-order valence-corrected chi connectivity index (χ0v) is 13.2. The summed E-state index contributed by atoms with van der Waals surface area (Å²) in [4.78, 5) is 12.2. The molecule has 0 atom stereocenters. The Bertz CT molecular complexity index is 770. The molecule has 0 amide bonds. The summed E-state index contributed by atoms with van der Waals surface area (Å²) < 4.78 is 0.715. The lowest BCUT2D eigenvalue weighted by Crippen LogP contribution is -2.01. The molecule has 0 saturated carbocycles. The predicted molar refractivity (Wildman–Crippen MR) is 91.3 cm³/mol. The molecule has 0 aliphatic rings. The second-order valence-electron chi connectivity index (χ2n) is 4.56. The standard InChI is InChI=1S/C16H13N3OS2/c17-15-18-19-16(22-15)21-10-14(20)13-8-6-12(7-9-13)11-4-2-1-3-5-11/h1-9H,10H2,(H2,17,18). The van der Waals surface area contributed by atoms with Gasteiger partial charge in [-0.2, -0.15) is 0 Å². The van der Waals surface area contributed by atoms with Crippen molar-refractivity contribution in [2.75, 3.05) is 11.5 Å². The van der Waals surface area contributed by atoms with Crippen LogP contribution in [0.4, 0.5) is 5.13 Å². The summed E-state index contributed by atoms with van der Waals surface area (Å²) in [7, 11) is 0. The Morgan fingerprint density at radius 3 is 2.32 bits per heavy atom. The first-order valence-corrected chi connectivity index (χ1v) is 8.43. The number of nitrogens with two attached hydrogens (primary N) is 1. The van der Waals surface area contributed by atoms with Crippen LogP contribution >= 0.6 is 23.1 Å². The summed E-state index contributed by atoms with van der Waals surface area (Å²) in [5.74, 6) is 0.401. The fraction of sp³-hybridized carbons (Fsp3) is 0.0625. The van der Waals surface area contributed by atoms with Crippen molar-refractivity contribution >= 4 is 34.0 Å². The van der Waals surface area contributed by atoms with Crippen LogP contribution in [0.1, 0.15) is 10.4 Å². The maximum atomic E-state index is 12.2. The Morgan fingerprint density at radius 2 is 1.68 bits per heavy atom. The molecule has 1 heterocycles. The number of thioether (sulfide) groups is 1. The number of nitrogens with zero attached hydrogens (tertiary/aromatic N) is 2. The number of anilines is 1. The van der Waals surface area contributed by atoms with Crippen molar-refractivity contribution in [1.29, 1.82) is 0 Å². The first-order valence-electron chi connectivity index (χ1n) is 6.63. The van der Waals surface area contributed by atoms with E-state index in [4.69, 9.17) is 5.73 Å². The Balaban J connectivity index is 1.66. The van der Waals surface area contributed by atoms with Crippen molar-refractivity contribution in [3.8, 4) is 11.1 Å². The van der Waals surface area contributed by atoms with Gasteiger partial charge in [0.25, 0.3) is 0 Å². The Labute approximate surface area is 136 Å². The quantitative estimate of drug-likeness (QED) is 0.571. The molecule has 2 aromatic carbocycles. The van der Waals surface area contributed by atoms with Crippen molar-refractivity contribution in [2.45, 2.75) is 4.34 Å².